The molecule has 3 aliphatic rings. The highest BCUT2D eigenvalue weighted by molar-refractivity contribution is 7.90. The number of imide groups is 2. The SMILES string of the molecule is CCOc1cc(C(CS(C)(=O)=O)N2C(=O)c3cccc(NC(=O)CCOCCOCCOCCCNc4cccc5c4CN(C4CCC(=O)NC4=O)C5=O)c3C2=O)ccc1OC. The maximum Gasteiger partial charge on any atom is 0.264 e. The zero-order valence-electron chi connectivity index (χ0n) is 34.9. The van der Waals surface area contributed by atoms with E-state index in [4.69, 9.17) is 23.7 Å². The Morgan fingerprint density at radius 2 is 1.55 bits per heavy atom. The van der Waals surface area contributed by atoms with Crippen LogP contribution in [0.1, 0.15) is 80.8 Å². The van der Waals surface area contributed by atoms with E-state index in [1.165, 1.54) is 30.2 Å². The second-order valence-electron chi connectivity index (χ2n) is 14.8. The number of methoxy groups -OCH3 is 1. The van der Waals surface area contributed by atoms with Crippen molar-refractivity contribution in [3.8, 4) is 11.5 Å². The second-order valence-corrected chi connectivity index (χ2v) is 17.0. The van der Waals surface area contributed by atoms with Crippen LogP contribution in [-0.2, 0) is 45.0 Å². The van der Waals surface area contributed by atoms with Crippen molar-refractivity contribution in [3.05, 3.63) is 82.4 Å². The van der Waals surface area contributed by atoms with Gasteiger partial charge in [-0.2, -0.15) is 0 Å². The van der Waals surface area contributed by atoms with Crippen molar-refractivity contribution in [2.45, 2.75) is 51.2 Å². The summed E-state index contributed by atoms with van der Waals surface area (Å²) in [5.74, 6) is -2.69. The van der Waals surface area contributed by atoms with Crippen LogP contribution in [0.4, 0.5) is 11.4 Å². The largest absolute Gasteiger partial charge is 0.493 e. The highest BCUT2D eigenvalue weighted by Crippen LogP contribution is 2.39. The first kappa shape index (κ1) is 45.6. The van der Waals surface area contributed by atoms with Crippen LogP contribution in [0.15, 0.2) is 54.6 Å². The van der Waals surface area contributed by atoms with Gasteiger partial charge in [0.1, 0.15) is 15.9 Å². The second kappa shape index (κ2) is 20.8. The van der Waals surface area contributed by atoms with Gasteiger partial charge in [-0.3, -0.25) is 39.0 Å². The first-order valence-corrected chi connectivity index (χ1v) is 22.4. The van der Waals surface area contributed by atoms with E-state index in [9.17, 15) is 37.2 Å². The number of rotatable bonds is 23. The summed E-state index contributed by atoms with van der Waals surface area (Å²) in [5, 5.41) is 8.37. The van der Waals surface area contributed by atoms with Gasteiger partial charge in [0, 0.05) is 49.2 Å². The number of carbonyl (C=O) groups is 6. The summed E-state index contributed by atoms with van der Waals surface area (Å²) in [4.78, 5) is 79.9. The molecule has 0 saturated carbocycles. The van der Waals surface area contributed by atoms with Crippen molar-refractivity contribution in [1.82, 2.24) is 15.1 Å². The summed E-state index contributed by atoms with van der Waals surface area (Å²) >= 11 is 0. The number of hydrogen-bond acceptors (Lipinski definition) is 14. The molecule has 1 fully saturated rings. The Hall–Kier alpha value is -5.89. The molecule has 3 N–H and O–H groups in total. The third kappa shape index (κ3) is 10.9. The molecule has 0 aliphatic carbocycles. The quantitative estimate of drug-likeness (QED) is 0.0920. The van der Waals surface area contributed by atoms with Gasteiger partial charge in [0.05, 0.1) is 81.8 Å². The summed E-state index contributed by atoms with van der Waals surface area (Å²) < 4.78 is 52.9. The fourth-order valence-electron chi connectivity index (χ4n) is 7.53. The van der Waals surface area contributed by atoms with Gasteiger partial charge in [-0.15, -0.1) is 0 Å². The maximum atomic E-state index is 13.9. The van der Waals surface area contributed by atoms with Crippen molar-refractivity contribution >= 4 is 56.7 Å². The lowest BCUT2D eigenvalue weighted by atomic mass is 10.0. The van der Waals surface area contributed by atoms with Crippen LogP contribution >= 0.6 is 0 Å². The van der Waals surface area contributed by atoms with Crippen LogP contribution in [0.25, 0.3) is 0 Å². The fourth-order valence-corrected chi connectivity index (χ4v) is 8.45. The van der Waals surface area contributed by atoms with Crippen molar-refractivity contribution in [3.63, 3.8) is 0 Å². The fraction of sp³-hybridized carbons (Fsp3) is 0.442. The summed E-state index contributed by atoms with van der Waals surface area (Å²) in [6.45, 7) is 4.69. The molecule has 3 heterocycles. The van der Waals surface area contributed by atoms with E-state index in [0.717, 1.165) is 22.4 Å². The van der Waals surface area contributed by atoms with Gasteiger partial charge in [-0.25, -0.2) is 8.42 Å². The molecule has 6 amide bonds. The van der Waals surface area contributed by atoms with Gasteiger partial charge in [-0.1, -0.05) is 18.2 Å². The van der Waals surface area contributed by atoms with Crippen molar-refractivity contribution < 1.29 is 60.9 Å². The number of carbonyl (C=O) groups excluding carboxylic acids is 6. The number of hydrogen-bond donors (Lipinski definition) is 3. The van der Waals surface area contributed by atoms with Gasteiger partial charge < -0.3 is 39.2 Å². The van der Waals surface area contributed by atoms with Crippen molar-refractivity contribution in [2.24, 2.45) is 0 Å². The molecular formula is C43H51N5O13S. The molecule has 0 radical (unpaired) electrons. The molecule has 3 aromatic carbocycles. The van der Waals surface area contributed by atoms with Crippen LogP contribution in [-0.4, -0.2) is 132 Å². The lowest BCUT2D eigenvalue weighted by molar-refractivity contribution is -0.137. The van der Waals surface area contributed by atoms with Crippen LogP contribution in [0.5, 0.6) is 11.5 Å². The minimum Gasteiger partial charge on any atom is -0.493 e. The number of anilines is 2. The Morgan fingerprint density at radius 3 is 2.24 bits per heavy atom. The van der Waals surface area contributed by atoms with E-state index >= 15 is 0 Å². The van der Waals surface area contributed by atoms with E-state index in [1.807, 2.05) is 6.07 Å². The van der Waals surface area contributed by atoms with E-state index < -0.39 is 51.3 Å². The molecule has 332 valence electrons. The smallest absolute Gasteiger partial charge is 0.264 e. The molecule has 3 aromatic rings. The summed E-state index contributed by atoms with van der Waals surface area (Å²) in [6, 6.07) is 12.8. The Balaban J connectivity index is 0.878. The van der Waals surface area contributed by atoms with Gasteiger partial charge in [-0.05, 0) is 61.7 Å². The number of nitrogens with zero attached hydrogens (tertiary/aromatic N) is 2. The zero-order valence-corrected chi connectivity index (χ0v) is 35.7. The number of nitrogens with one attached hydrogen (secondary N) is 3. The Morgan fingerprint density at radius 1 is 0.855 bits per heavy atom. The third-order valence-electron chi connectivity index (χ3n) is 10.4. The molecular weight excluding hydrogens is 827 g/mol. The Kier molecular flexibility index (Phi) is 15.3. The first-order valence-electron chi connectivity index (χ1n) is 20.3. The predicted molar refractivity (Wildman–Crippen MR) is 225 cm³/mol. The average Bonchev–Trinajstić information content (AvgIpc) is 3.70. The van der Waals surface area contributed by atoms with Crippen molar-refractivity contribution in [2.75, 3.05) is 82.5 Å². The molecule has 6 rings (SSSR count). The van der Waals surface area contributed by atoms with E-state index in [1.54, 1.807) is 37.3 Å². The van der Waals surface area contributed by atoms with Crippen molar-refractivity contribution in [1.29, 1.82) is 0 Å². The monoisotopic (exact) mass is 877 g/mol. The van der Waals surface area contributed by atoms with Gasteiger partial charge in [0.2, 0.25) is 17.7 Å². The van der Waals surface area contributed by atoms with E-state index in [-0.39, 0.29) is 67.8 Å². The van der Waals surface area contributed by atoms with Crippen LogP contribution in [0.3, 0.4) is 0 Å². The average molecular weight is 878 g/mol. The normalized spacial score (nSPS) is 16.6. The van der Waals surface area contributed by atoms with Gasteiger partial charge in [0.15, 0.2) is 11.5 Å². The first-order chi connectivity index (χ1) is 29.8. The molecule has 18 nitrogen and oxygen atoms in total. The number of amides is 6. The number of sulfone groups is 1. The summed E-state index contributed by atoms with van der Waals surface area (Å²) in [6.07, 6.45) is 2.17. The standard InChI is InChI=1S/C43H51N5O13S/c1-4-61-36-24-27(12-14-35(36)57-2)34(26-62(3,55)56)48-42(53)29-9-6-11-32(39(29)43(48)54)45-38(50)16-19-59-21-23-60-22-20-58-18-7-17-44-31-10-5-8-28-30(31)25-47(41(28)52)33-13-15-37(49)46-40(33)51/h5-6,8-12,14,24,33-34,44H,4,7,13,15-23,25-26H2,1-3H3,(H,45,50)(H,46,49,51). The van der Waals surface area contributed by atoms with E-state index in [2.05, 4.69) is 16.0 Å². The van der Waals surface area contributed by atoms with E-state index in [0.29, 0.717) is 68.4 Å². The maximum absolute atomic E-state index is 13.9. The van der Waals surface area contributed by atoms with Gasteiger partial charge in [0.25, 0.3) is 17.7 Å². The Bertz CT molecular complexity index is 2300. The summed E-state index contributed by atoms with van der Waals surface area (Å²) in [5.41, 5.74) is 2.66. The highest BCUT2D eigenvalue weighted by Gasteiger charge is 2.44. The lowest BCUT2D eigenvalue weighted by Crippen LogP contribution is -2.52. The third-order valence-corrected chi connectivity index (χ3v) is 11.4. The minimum atomic E-state index is -3.70. The molecule has 2 atom stereocenters. The van der Waals surface area contributed by atoms with Crippen LogP contribution in [0, 0.1) is 0 Å². The lowest BCUT2D eigenvalue weighted by Gasteiger charge is -2.29. The van der Waals surface area contributed by atoms with Gasteiger partial charge >= 0.3 is 0 Å². The predicted octanol–water partition coefficient (Wildman–Crippen LogP) is 3.12. The van der Waals surface area contributed by atoms with Crippen LogP contribution < -0.4 is 25.4 Å². The number of piperidine rings is 1. The molecule has 1 saturated heterocycles. The number of benzene rings is 3. The zero-order chi connectivity index (χ0) is 44.4. The number of ether oxygens (including phenoxy) is 5. The molecule has 0 spiro atoms. The molecule has 62 heavy (non-hydrogen) atoms. The summed E-state index contributed by atoms with van der Waals surface area (Å²) in [7, 11) is -2.24. The van der Waals surface area contributed by atoms with Crippen LogP contribution in [0.2, 0.25) is 0 Å². The highest BCUT2D eigenvalue weighted by atomic mass is 32.2. The Labute approximate surface area is 359 Å². The molecule has 19 heteroatoms. The topological polar surface area (TPSA) is 225 Å². The molecule has 3 aliphatic heterocycles. The number of fused-ring (bicyclic) bond motifs is 2. The molecule has 2 unspecified atom stereocenters. The minimum absolute atomic E-state index is 0.0344. The molecule has 0 bridgehead atoms. The molecule has 0 aromatic heterocycles.